The van der Waals surface area contributed by atoms with E-state index in [1.54, 1.807) is 51.2 Å². The van der Waals surface area contributed by atoms with Crippen molar-refractivity contribution in [2.45, 2.75) is 75.4 Å². The minimum Gasteiger partial charge on any atom is -0.497 e. The second kappa shape index (κ2) is 14.1. The zero-order valence-electron chi connectivity index (χ0n) is 29.5. The molecule has 15 heteroatoms. The Hall–Kier alpha value is -5.18. The minimum atomic E-state index is -3.90. The lowest BCUT2D eigenvalue weighted by molar-refractivity contribution is -0.142. The van der Waals surface area contributed by atoms with Gasteiger partial charge in [0.2, 0.25) is 27.7 Å². The molecule has 52 heavy (non-hydrogen) atoms. The van der Waals surface area contributed by atoms with Gasteiger partial charge in [0.1, 0.15) is 35.2 Å². The molecule has 0 spiro atoms. The highest BCUT2D eigenvalue weighted by Crippen LogP contribution is 2.45. The van der Waals surface area contributed by atoms with E-state index >= 15 is 0 Å². The summed E-state index contributed by atoms with van der Waals surface area (Å²) in [6.07, 6.45) is 2.57. The lowest BCUT2D eigenvalue weighted by atomic mass is 9.85. The van der Waals surface area contributed by atoms with Crippen molar-refractivity contribution >= 4 is 44.6 Å². The second-order valence-electron chi connectivity index (χ2n) is 14.5. The van der Waals surface area contributed by atoms with E-state index in [0.717, 1.165) is 10.8 Å². The average molecular weight is 734 g/mol. The number of nitrogens with zero attached hydrogens (tertiary/aromatic N) is 2. The molecule has 3 N–H and O–H groups in total. The van der Waals surface area contributed by atoms with Gasteiger partial charge in [-0.3, -0.25) is 19.1 Å². The van der Waals surface area contributed by atoms with Gasteiger partial charge in [-0.05, 0) is 66.5 Å². The molecular weight excluding hydrogens is 691 g/mol. The molecule has 2 aromatic carbocycles. The molecule has 2 aliphatic carbocycles. The summed E-state index contributed by atoms with van der Waals surface area (Å²) in [6, 6.07) is 13.4. The summed E-state index contributed by atoms with van der Waals surface area (Å²) in [5, 5.41) is 6.44. The Morgan fingerprint density at radius 1 is 1.04 bits per heavy atom. The van der Waals surface area contributed by atoms with E-state index in [-0.39, 0.29) is 25.1 Å². The van der Waals surface area contributed by atoms with Crippen molar-refractivity contribution in [3.63, 3.8) is 0 Å². The number of sulfonamides is 1. The summed E-state index contributed by atoms with van der Waals surface area (Å²) in [5.41, 5.74) is -2.41. The molecule has 2 heterocycles. The maximum Gasteiger partial charge on any atom is 0.413 e. The van der Waals surface area contributed by atoms with Crippen LogP contribution in [-0.4, -0.2) is 84.7 Å². The molecular formula is C37H43N5O9S. The first-order valence-electron chi connectivity index (χ1n) is 17.1. The Morgan fingerprint density at radius 2 is 1.73 bits per heavy atom. The molecule has 0 radical (unpaired) electrons. The molecule has 0 unspecified atom stereocenters. The smallest absolute Gasteiger partial charge is 0.413 e. The highest BCUT2D eigenvalue weighted by molar-refractivity contribution is 7.91. The van der Waals surface area contributed by atoms with Gasteiger partial charge in [-0.1, -0.05) is 45.0 Å². The van der Waals surface area contributed by atoms with Crippen LogP contribution in [0.15, 0.2) is 73.4 Å². The van der Waals surface area contributed by atoms with Crippen molar-refractivity contribution in [1.29, 1.82) is 0 Å². The van der Waals surface area contributed by atoms with Crippen molar-refractivity contribution in [1.82, 2.24) is 25.2 Å². The monoisotopic (exact) mass is 733 g/mol. The molecule has 14 nitrogen and oxygen atoms in total. The fraction of sp³-hybridized carbons (Fsp3) is 0.432. The van der Waals surface area contributed by atoms with Crippen LogP contribution in [0, 0.1) is 11.3 Å². The Balaban J connectivity index is 1.26. The number of fused-ring (bicyclic) bond motifs is 1. The molecule has 1 aliphatic heterocycles. The van der Waals surface area contributed by atoms with Gasteiger partial charge in [0, 0.05) is 23.9 Å². The summed E-state index contributed by atoms with van der Waals surface area (Å²) in [4.78, 5) is 61.1. The van der Waals surface area contributed by atoms with Gasteiger partial charge in [0.25, 0.3) is 5.91 Å². The zero-order chi connectivity index (χ0) is 37.4. The molecule has 2 saturated carbocycles. The van der Waals surface area contributed by atoms with Gasteiger partial charge < -0.3 is 29.7 Å². The SMILES string of the molecule is C=C[C@H]1C[C@@]1(NC(=O)[C@H]1C[C@@H](Oc2nccc3ccccc23)CN1C(=O)[C@@H](NC(=O)Oc1ccc(OC)cc1)C(C)(C)C)C(=O)NS(=O)(=O)C1CC1. The Labute approximate surface area is 302 Å². The van der Waals surface area contributed by atoms with Crippen molar-refractivity contribution in [3.05, 3.63) is 73.4 Å². The van der Waals surface area contributed by atoms with Gasteiger partial charge in [0.05, 0.1) is 18.9 Å². The summed E-state index contributed by atoms with van der Waals surface area (Å²) in [7, 11) is -2.39. The predicted octanol–water partition coefficient (Wildman–Crippen LogP) is 3.46. The fourth-order valence-corrected chi connectivity index (χ4v) is 7.81. The lowest BCUT2D eigenvalue weighted by Crippen LogP contribution is -2.60. The van der Waals surface area contributed by atoms with E-state index < -0.39 is 74.1 Å². The maximum absolute atomic E-state index is 14.5. The minimum absolute atomic E-state index is 0.0203. The van der Waals surface area contributed by atoms with E-state index in [9.17, 15) is 27.6 Å². The van der Waals surface area contributed by atoms with Crippen molar-refractivity contribution in [3.8, 4) is 17.4 Å². The number of carbonyl (C=O) groups is 4. The number of aromatic nitrogens is 1. The van der Waals surface area contributed by atoms with Crippen LogP contribution in [0.1, 0.15) is 46.5 Å². The molecule has 5 atom stereocenters. The third kappa shape index (κ3) is 7.69. The maximum atomic E-state index is 14.5. The molecule has 0 bridgehead atoms. The van der Waals surface area contributed by atoms with Crippen LogP contribution in [0.25, 0.3) is 10.8 Å². The summed E-state index contributed by atoms with van der Waals surface area (Å²) in [5.74, 6) is -1.53. The van der Waals surface area contributed by atoms with Gasteiger partial charge in [-0.25, -0.2) is 18.2 Å². The van der Waals surface area contributed by atoms with Gasteiger partial charge in [-0.15, -0.1) is 6.58 Å². The molecule has 3 aliphatic rings. The van der Waals surface area contributed by atoms with Crippen molar-refractivity contribution < 1.29 is 41.8 Å². The number of methoxy groups -OCH3 is 1. The molecule has 276 valence electrons. The summed E-state index contributed by atoms with van der Waals surface area (Å²) >= 11 is 0. The van der Waals surface area contributed by atoms with Crippen LogP contribution in [-0.2, 0) is 24.4 Å². The van der Waals surface area contributed by atoms with Crippen molar-refractivity contribution in [2.75, 3.05) is 13.7 Å². The first-order chi connectivity index (χ1) is 24.6. The standard InChI is InChI=1S/C37H43N5O9S/c1-6-23-20-37(23,34(45)41-52(47,48)27-15-16-27)40-31(43)29-19-26(50-32-28-10-8-7-9-22(28)17-18-38-32)21-42(29)33(44)30(36(2,3)4)39-35(46)51-25-13-11-24(49-5)12-14-25/h6-14,17-18,23,26-27,29-30H,1,15-16,19-21H2,2-5H3,(H,39,46)(H,40,43)(H,41,45)/t23-,26+,29+,30+,37-/m0/s1. The second-order valence-corrected chi connectivity index (χ2v) is 16.5. The third-order valence-corrected chi connectivity index (χ3v) is 11.5. The number of carbonyl (C=O) groups excluding carboxylic acids is 4. The number of amides is 4. The molecule has 3 aromatic rings. The Morgan fingerprint density at radius 3 is 2.37 bits per heavy atom. The third-order valence-electron chi connectivity index (χ3n) is 9.66. The summed E-state index contributed by atoms with van der Waals surface area (Å²) in [6.45, 7) is 9.00. The fourth-order valence-electron chi connectivity index (χ4n) is 6.45. The number of ether oxygens (including phenoxy) is 3. The van der Waals surface area contributed by atoms with Crippen LogP contribution < -0.4 is 29.6 Å². The topological polar surface area (TPSA) is 182 Å². The van der Waals surface area contributed by atoms with Gasteiger partial charge >= 0.3 is 6.09 Å². The van der Waals surface area contributed by atoms with Gasteiger partial charge in [-0.2, -0.15) is 0 Å². The number of rotatable bonds is 12. The van der Waals surface area contributed by atoms with Crippen molar-refractivity contribution in [2.24, 2.45) is 11.3 Å². The quantitative estimate of drug-likeness (QED) is 0.233. The van der Waals surface area contributed by atoms with Crippen LogP contribution in [0.4, 0.5) is 4.79 Å². The summed E-state index contributed by atoms with van der Waals surface area (Å²) < 4.78 is 44.5. The lowest BCUT2D eigenvalue weighted by Gasteiger charge is -2.35. The highest BCUT2D eigenvalue weighted by Gasteiger charge is 2.62. The highest BCUT2D eigenvalue weighted by atomic mass is 32.2. The molecule has 6 rings (SSSR count). The average Bonchev–Trinajstić information content (AvgIpc) is 4.04. The number of likely N-dealkylation sites (tertiary alicyclic amines) is 1. The van der Waals surface area contributed by atoms with Crippen LogP contribution in [0.3, 0.4) is 0 Å². The number of nitrogens with one attached hydrogen (secondary N) is 3. The Bertz CT molecular complexity index is 1990. The van der Waals surface area contributed by atoms with Crippen LogP contribution >= 0.6 is 0 Å². The van der Waals surface area contributed by atoms with Gasteiger partial charge in [0.15, 0.2) is 0 Å². The van der Waals surface area contributed by atoms with E-state index in [1.165, 1.54) is 18.1 Å². The predicted molar refractivity (Wildman–Crippen MR) is 191 cm³/mol. The van der Waals surface area contributed by atoms with Crippen LogP contribution in [0.2, 0.25) is 0 Å². The molecule has 1 aromatic heterocycles. The number of hydrogen-bond acceptors (Lipinski definition) is 10. The molecule has 1 saturated heterocycles. The van der Waals surface area contributed by atoms with E-state index in [4.69, 9.17) is 14.2 Å². The molecule has 3 fully saturated rings. The van der Waals surface area contributed by atoms with E-state index in [0.29, 0.717) is 24.5 Å². The van der Waals surface area contributed by atoms with E-state index in [1.807, 2.05) is 30.3 Å². The number of hydrogen-bond donors (Lipinski definition) is 3. The molecule has 4 amide bonds. The first-order valence-corrected chi connectivity index (χ1v) is 18.6. The zero-order valence-corrected chi connectivity index (χ0v) is 30.3. The first kappa shape index (κ1) is 36.6. The largest absolute Gasteiger partial charge is 0.497 e. The number of pyridine rings is 1. The number of benzene rings is 2. The Kier molecular flexibility index (Phi) is 9.92. The normalized spacial score (nSPS) is 23.2. The van der Waals surface area contributed by atoms with Crippen LogP contribution in [0.5, 0.6) is 17.4 Å². The van der Waals surface area contributed by atoms with E-state index in [2.05, 4.69) is 26.9 Å².